The van der Waals surface area contributed by atoms with E-state index in [0.717, 1.165) is 21.6 Å². The maximum atomic E-state index is 13.7. The number of nitrogens with zero attached hydrogens (tertiary/aromatic N) is 3. The van der Waals surface area contributed by atoms with Crippen LogP contribution in [-0.2, 0) is 0 Å². The molecule has 2 heterocycles. The number of hydrogen-bond donors (Lipinski definition) is 1. The Labute approximate surface area is 139 Å². The van der Waals surface area contributed by atoms with E-state index in [1.165, 1.54) is 23.5 Å². The first kappa shape index (κ1) is 15.6. The Hall–Kier alpha value is -2.32. The maximum Gasteiger partial charge on any atom is 0.322 e. The van der Waals surface area contributed by atoms with Crippen LogP contribution in [-0.4, -0.2) is 21.1 Å². The molecular formula is C14H10ClFN4O2S. The number of aromatic nitrogens is 3. The van der Waals surface area contributed by atoms with Crippen molar-refractivity contribution in [3.05, 3.63) is 45.3 Å². The fraction of sp³-hybridized carbons (Fsp3) is 0.143. The van der Waals surface area contributed by atoms with E-state index in [-0.39, 0.29) is 22.5 Å². The SMILES string of the molecule is Cc1nc(C)c(-c2nnc(NC(=O)c3c(F)cccc3Cl)o2)s1. The molecule has 6 nitrogen and oxygen atoms in total. The van der Waals surface area contributed by atoms with E-state index in [9.17, 15) is 9.18 Å². The number of carbonyl (C=O) groups is 1. The molecule has 0 bridgehead atoms. The van der Waals surface area contributed by atoms with Gasteiger partial charge in [0.1, 0.15) is 10.7 Å². The van der Waals surface area contributed by atoms with Crippen molar-refractivity contribution in [2.45, 2.75) is 13.8 Å². The summed E-state index contributed by atoms with van der Waals surface area (Å²) in [5, 5.41) is 10.8. The highest BCUT2D eigenvalue weighted by molar-refractivity contribution is 7.15. The zero-order chi connectivity index (χ0) is 16.6. The van der Waals surface area contributed by atoms with Gasteiger partial charge in [0.25, 0.3) is 11.8 Å². The summed E-state index contributed by atoms with van der Waals surface area (Å²) < 4.78 is 19.1. The molecule has 1 N–H and O–H groups in total. The summed E-state index contributed by atoms with van der Waals surface area (Å²) in [6.45, 7) is 3.68. The molecule has 0 radical (unpaired) electrons. The third-order valence-electron chi connectivity index (χ3n) is 2.93. The lowest BCUT2D eigenvalue weighted by Crippen LogP contribution is -2.14. The van der Waals surface area contributed by atoms with Crippen LogP contribution in [0.1, 0.15) is 21.1 Å². The Morgan fingerprint density at radius 2 is 2.13 bits per heavy atom. The molecule has 0 fully saturated rings. The molecule has 9 heteroatoms. The van der Waals surface area contributed by atoms with Crippen molar-refractivity contribution in [2.75, 3.05) is 5.32 Å². The fourth-order valence-corrected chi connectivity index (χ4v) is 3.06. The average molecular weight is 353 g/mol. The highest BCUT2D eigenvalue weighted by Crippen LogP contribution is 2.29. The molecular weight excluding hydrogens is 343 g/mol. The Bertz CT molecular complexity index is 873. The minimum atomic E-state index is -0.763. The third kappa shape index (κ3) is 3.08. The molecule has 0 atom stereocenters. The molecule has 0 saturated carbocycles. The van der Waals surface area contributed by atoms with Crippen molar-refractivity contribution >= 4 is 34.9 Å². The van der Waals surface area contributed by atoms with Crippen LogP contribution in [0.4, 0.5) is 10.4 Å². The Kier molecular flexibility index (Phi) is 4.10. The molecule has 2 aromatic heterocycles. The van der Waals surface area contributed by atoms with Gasteiger partial charge in [0, 0.05) is 0 Å². The first-order valence-corrected chi connectivity index (χ1v) is 7.68. The first-order chi connectivity index (χ1) is 11.0. The summed E-state index contributed by atoms with van der Waals surface area (Å²) in [6, 6.07) is 3.83. The molecule has 0 saturated heterocycles. The minimum Gasteiger partial charge on any atom is -0.402 e. The van der Waals surface area contributed by atoms with E-state index in [2.05, 4.69) is 20.5 Å². The summed E-state index contributed by atoms with van der Waals surface area (Å²) in [5.41, 5.74) is 0.477. The quantitative estimate of drug-likeness (QED) is 0.774. The third-order valence-corrected chi connectivity index (χ3v) is 4.31. The zero-order valence-electron chi connectivity index (χ0n) is 12.1. The average Bonchev–Trinajstić information content (AvgIpc) is 3.05. The van der Waals surface area contributed by atoms with Crippen molar-refractivity contribution in [2.24, 2.45) is 0 Å². The number of thiazole rings is 1. The van der Waals surface area contributed by atoms with Gasteiger partial charge in [0.15, 0.2) is 0 Å². The van der Waals surface area contributed by atoms with Crippen molar-refractivity contribution in [1.82, 2.24) is 15.2 Å². The highest BCUT2D eigenvalue weighted by Gasteiger charge is 2.20. The van der Waals surface area contributed by atoms with Crippen LogP contribution in [0.2, 0.25) is 5.02 Å². The van der Waals surface area contributed by atoms with Gasteiger partial charge in [0.05, 0.1) is 21.3 Å². The van der Waals surface area contributed by atoms with Gasteiger partial charge in [-0.05, 0) is 26.0 Å². The van der Waals surface area contributed by atoms with Crippen molar-refractivity contribution < 1.29 is 13.6 Å². The number of benzene rings is 1. The van der Waals surface area contributed by atoms with Crippen LogP contribution in [0.15, 0.2) is 22.6 Å². The normalized spacial score (nSPS) is 10.8. The molecule has 0 spiro atoms. The molecule has 0 aliphatic heterocycles. The summed E-state index contributed by atoms with van der Waals surface area (Å²) in [6.07, 6.45) is 0. The van der Waals surface area contributed by atoms with E-state index in [4.69, 9.17) is 16.0 Å². The van der Waals surface area contributed by atoms with E-state index in [1.807, 2.05) is 13.8 Å². The Morgan fingerprint density at radius 3 is 2.78 bits per heavy atom. The zero-order valence-corrected chi connectivity index (χ0v) is 13.6. The molecule has 1 amide bonds. The Morgan fingerprint density at radius 1 is 1.35 bits per heavy atom. The second kappa shape index (κ2) is 6.05. The molecule has 3 rings (SSSR count). The number of carbonyl (C=O) groups excluding carboxylic acids is 1. The van der Waals surface area contributed by atoms with Crippen LogP contribution in [0.3, 0.4) is 0 Å². The topological polar surface area (TPSA) is 80.9 Å². The van der Waals surface area contributed by atoms with Crippen LogP contribution in [0.25, 0.3) is 10.8 Å². The van der Waals surface area contributed by atoms with Gasteiger partial charge in [-0.3, -0.25) is 10.1 Å². The van der Waals surface area contributed by atoms with Gasteiger partial charge < -0.3 is 4.42 Å². The predicted octanol–water partition coefficient (Wildman–Crippen LogP) is 3.85. The lowest BCUT2D eigenvalue weighted by atomic mass is 10.2. The summed E-state index contributed by atoms with van der Waals surface area (Å²) >= 11 is 7.24. The predicted molar refractivity (Wildman–Crippen MR) is 84.2 cm³/mol. The lowest BCUT2D eigenvalue weighted by molar-refractivity contribution is 0.102. The molecule has 23 heavy (non-hydrogen) atoms. The van der Waals surface area contributed by atoms with Gasteiger partial charge in [-0.25, -0.2) is 9.37 Å². The van der Waals surface area contributed by atoms with Gasteiger partial charge >= 0.3 is 6.01 Å². The summed E-state index contributed by atoms with van der Waals surface area (Å²) in [5.74, 6) is -1.26. The van der Waals surface area contributed by atoms with Crippen molar-refractivity contribution in [1.29, 1.82) is 0 Å². The number of amides is 1. The summed E-state index contributed by atoms with van der Waals surface area (Å²) in [4.78, 5) is 17.1. The highest BCUT2D eigenvalue weighted by atomic mass is 35.5. The molecule has 0 aliphatic carbocycles. The fourth-order valence-electron chi connectivity index (χ4n) is 1.97. The first-order valence-electron chi connectivity index (χ1n) is 6.49. The number of halogens is 2. The number of anilines is 1. The van der Waals surface area contributed by atoms with Gasteiger partial charge in [0.2, 0.25) is 0 Å². The van der Waals surface area contributed by atoms with E-state index < -0.39 is 11.7 Å². The second-order valence-corrected chi connectivity index (χ2v) is 6.22. The van der Waals surface area contributed by atoms with Crippen LogP contribution >= 0.6 is 22.9 Å². The van der Waals surface area contributed by atoms with Crippen LogP contribution < -0.4 is 5.32 Å². The minimum absolute atomic E-state index is 0.00355. The molecule has 1 aromatic carbocycles. The van der Waals surface area contributed by atoms with Gasteiger partial charge in [-0.1, -0.05) is 22.8 Å². The van der Waals surface area contributed by atoms with Gasteiger partial charge in [-0.2, -0.15) is 0 Å². The monoisotopic (exact) mass is 352 g/mol. The van der Waals surface area contributed by atoms with Crippen molar-refractivity contribution in [3.63, 3.8) is 0 Å². The number of nitrogens with one attached hydrogen (secondary N) is 1. The van der Waals surface area contributed by atoms with Crippen LogP contribution in [0.5, 0.6) is 0 Å². The molecule has 0 aliphatic rings. The lowest BCUT2D eigenvalue weighted by Gasteiger charge is -2.03. The van der Waals surface area contributed by atoms with Gasteiger partial charge in [-0.15, -0.1) is 16.4 Å². The van der Waals surface area contributed by atoms with Crippen molar-refractivity contribution in [3.8, 4) is 10.8 Å². The molecule has 118 valence electrons. The maximum absolute atomic E-state index is 13.7. The Balaban J connectivity index is 1.85. The second-order valence-electron chi connectivity index (χ2n) is 4.61. The molecule has 3 aromatic rings. The number of rotatable bonds is 3. The standard InChI is InChI=1S/C14H10ClFN4O2S/c1-6-11(23-7(2)17-6)13-19-20-14(22-13)18-12(21)10-8(15)4-3-5-9(10)16/h3-5H,1-2H3,(H,18,20,21). The van der Waals surface area contributed by atoms with E-state index >= 15 is 0 Å². The van der Waals surface area contributed by atoms with E-state index in [0.29, 0.717) is 0 Å². The largest absolute Gasteiger partial charge is 0.402 e. The van der Waals surface area contributed by atoms with E-state index in [1.54, 1.807) is 0 Å². The number of aryl methyl sites for hydroxylation is 2. The molecule has 0 unspecified atom stereocenters. The van der Waals surface area contributed by atoms with Crippen LogP contribution in [0, 0.1) is 19.7 Å². The summed E-state index contributed by atoms with van der Waals surface area (Å²) in [7, 11) is 0. The number of hydrogen-bond acceptors (Lipinski definition) is 6. The smallest absolute Gasteiger partial charge is 0.322 e.